The highest BCUT2D eigenvalue weighted by Gasteiger charge is 2.23. The summed E-state index contributed by atoms with van der Waals surface area (Å²) in [7, 11) is 0. The van der Waals surface area contributed by atoms with Crippen LogP contribution in [0.4, 0.5) is 0 Å². The summed E-state index contributed by atoms with van der Waals surface area (Å²) in [5.41, 5.74) is 6.77. The predicted octanol–water partition coefficient (Wildman–Crippen LogP) is 8.40. The molecule has 8 heteroatoms. The Hall–Kier alpha value is -5.44. The van der Waals surface area contributed by atoms with E-state index in [1.807, 2.05) is 48.5 Å². The van der Waals surface area contributed by atoms with Crippen LogP contribution in [-0.4, -0.2) is 61.0 Å². The van der Waals surface area contributed by atoms with E-state index in [-0.39, 0.29) is 12.2 Å². The molecule has 254 valence electrons. The number of aromatic nitrogens is 2. The van der Waals surface area contributed by atoms with Crippen LogP contribution in [0.3, 0.4) is 0 Å². The van der Waals surface area contributed by atoms with Crippen molar-refractivity contribution >= 4 is 0 Å². The Labute approximate surface area is 292 Å². The second-order valence-electron chi connectivity index (χ2n) is 12.6. The molecule has 2 aliphatic heterocycles. The maximum atomic E-state index is 6.01. The molecule has 2 fully saturated rings. The van der Waals surface area contributed by atoms with Gasteiger partial charge in [0.25, 0.3) is 0 Å². The Morgan fingerprint density at radius 3 is 1.18 bits per heavy atom. The van der Waals surface area contributed by atoms with E-state index in [4.69, 9.17) is 28.4 Å². The lowest BCUT2D eigenvalue weighted by molar-refractivity contribution is 0.263. The van der Waals surface area contributed by atoms with Gasteiger partial charge in [-0.1, -0.05) is 24.3 Å². The minimum absolute atomic E-state index is 0.255. The van der Waals surface area contributed by atoms with Crippen LogP contribution in [0.25, 0.3) is 33.6 Å². The third-order valence-corrected chi connectivity index (χ3v) is 8.78. The van der Waals surface area contributed by atoms with Gasteiger partial charge in [0.15, 0.2) is 0 Å². The molecule has 2 aromatic heterocycles. The second-order valence-corrected chi connectivity index (χ2v) is 12.6. The van der Waals surface area contributed by atoms with E-state index < -0.39 is 0 Å². The van der Waals surface area contributed by atoms with Crippen molar-refractivity contribution in [3.8, 4) is 56.6 Å². The number of hydrogen-bond acceptors (Lipinski definition) is 6. The van der Waals surface area contributed by atoms with E-state index in [0.29, 0.717) is 26.4 Å². The first-order valence-corrected chi connectivity index (χ1v) is 17.2. The van der Waals surface area contributed by atoms with E-state index in [2.05, 4.69) is 94.6 Å². The second kappa shape index (κ2) is 15.0. The molecule has 0 spiro atoms. The number of epoxide rings is 2. The molecule has 0 amide bonds. The van der Waals surface area contributed by atoms with Gasteiger partial charge in [0, 0.05) is 36.2 Å². The van der Waals surface area contributed by atoms with Gasteiger partial charge in [-0.2, -0.15) is 0 Å². The Kier molecular flexibility index (Phi) is 9.53. The number of hydrogen-bond donors (Lipinski definition) is 0. The third-order valence-electron chi connectivity index (χ3n) is 8.78. The van der Waals surface area contributed by atoms with Crippen LogP contribution in [0.5, 0.6) is 23.0 Å². The summed E-state index contributed by atoms with van der Waals surface area (Å²) >= 11 is 0. The first kappa shape index (κ1) is 31.8. The van der Waals surface area contributed by atoms with Crippen LogP contribution in [0, 0.1) is 0 Å². The van der Waals surface area contributed by atoms with Gasteiger partial charge in [-0.15, -0.1) is 0 Å². The largest absolute Gasteiger partial charge is 0.494 e. The minimum Gasteiger partial charge on any atom is -0.494 e. The summed E-state index contributed by atoms with van der Waals surface area (Å²) in [6.07, 6.45) is 10.8. The van der Waals surface area contributed by atoms with E-state index in [1.165, 1.54) is 0 Å². The summed E-state index contributed by atoms with van der Waals surface area (Å²) in [4.78, 5) is 0. The maximum Gasteiger partial charge on any atom is 0.119 e. The smallest absolute Gasteiger partial charge is 0.119 e. The van der Waals surface area contributed by atoms with Crippen LogP contribution in [0.2, 0.25) is 0 Å². The summed E-state index contributed by atoms with van der Waals surface area (Å²) in [6.45, 7) is 4.11. The van der Waals surface area contributed by atoms with Crippen LogP contribution in [0.1, 0.15) is 12.8 Å². The molecule has 4 heterocycles. The Bertz CT molecular complexity index is 1810. The van der Waals surface area contributed by atoms with Crippen molar-refractivity contribution in [1.82, 2.24) is 9.13 Å². The number of ether oxygens (including phenoxy) is 6. The van der Waals surface area contributed by atoms with Crippen LogP contribution < -0.4 is 18.9 Å². The van der Waals surface area contributed by atoms with Crippen molar-refractivity contribution in [2.75, 3.05) is 39.6 Å². The lowest BCUT2D eigenvalue weighted by Crippen LogP contribution is -2.03. The Morgan fingerprint density at radius 2 is 0.800 bits per heavy atom. The average Bonchev–Trinajstić information content (AvgIpc) is 4.08. The monoisotopic (exact) mass is 668 g/mol. The number of nitrogens with zero attached hydrogens (tertiary/aromatic N) is 2. The quantitative estimate of drug-likeness (QED) is 0.0718. The van der Waals surface area contributed by atoms with Gasteiger partial charge in [-0.3, -0.25) is 0 Å². The molecular weight excluding hydrogens is 628 g/mol. The van der Waals surface area contributed by atoms with Gasteiger partial charge in [0.1, 0.15) is 48.4 Å². The number of unbranched alkanes of at least 4 members (excludes halogenated alkanes) is 1. The molecule has 6 aromatic rings. The molecule has 0 saturated carbocycles. The highest BCUT2D eigenvalue weighted by molar-refractivity contribution is 5.65. The summed E-state index contributed by atoms with van der Waals surface area (Å²) < 4.78 is 38.2. The Morgan fingerprint density at radius 1 is 0.440 bits per heavy atom. The minimum atomic E-state index is 0.255. The van der Waals surface area contributed by atoms with Crippen LogP contribution in [-0.2, 0) is 9.47 Å². The fraction of sp³-hybridized carbons (Fsp3) is 0.238. The van der Waals surface area contributed by atoms with Gasteiger partial charge in [0.2, 0.25) is 0 Å². The van der Waals surface area contributed by atoms with E-state index in [0.717, 1.165) is 82.7 Å². The number of benzene rings is 4. The van der Waals surface area contributed by atoms with E-state index in [9.17, 15) is 0 Å². The van der Waals surface area contributed by atoms with Crippen molar-refractivity contribution in [1.29, 1.82) is 0 Å². The molecule has 8 rings (SSSR count). The molecule has 2 aliphatic rings. The normalized spacial score (nSPS) is 16.2. The van der Waals surface area contributed by atoms with Gasteiger partial charge < -0.3 is 37.6 Å². The number of rotatable bonds is 17. The molecule has 4 aromatic carbocycles. The van der Waals surface area contributed by atoms with Crippen molar-refractivity contribution in [3.63, 3.8) is 0 Å². The highest BCUT2D eigenvalue weighted by atomic mass is 16.6. The average molecular weight is 669 g/mol. The maximum absolute atomic E-state index is 6.01. The first-order valence-electron chi connectivity index (χ1n) is 17.2. The van der Waals surface area contributed by atoms with E-state index in [1.54, 1.807) is 0 Å². The molecule has 8 nitrogen and oxygen atoms in total. The zero-order valence-corrected chi connectivity index (χ0v) is 27.9. The van der Waals surface area contributed by atoms with Crippen LogP contribution in [0.15, 0.2) is 134 Å². The molecule has 2 saturated heterocycles. The lowest BCUT2D eigenvalue weighted by Gasteiger charge is -2.09. The SMILES string of the molecule is c1cc(-c2ccn(-c3ccc(OCC4CO4)cc3)c2)ccc1OCCCCOc1ccc(-n2ccc(-c3ccc(OCC4CO4)cc3)c2)cc1. The molecule has 0 bridgehead atoms. The fourth-order valence-electron chi connectivity index (χ4n) is 5.66. The summed E-state index contributed by atoms with van der Waals surface area (Å²) in [5, 5.41) is 0. The first-order chi connectivity index (χ1) is 24.7. The zero-order valence-electron chi connectivity index (χ0n) is 27.9. The standard InChI is InChI=1S/C42H40N2O6/c1(23-45-37-11-3-31(4-12-37)33-19-22-44(25-33)36-9-17-40(18-10-36)48-28-42-30-50-42)2-24-46-38-15-7-35(8-16-38)43-21-20-34(26-43)32-5-13-39(14-6-32)47-27-41-29-49-41/h3-22,25-26,41-42H,1-2,23-24,27-30H2. The summed E-state index contributed by atoms with van der Waals surface area (Å²) in [6, 6.07) is 37.1. The molecular formula is C42H40N2O6. The van der Waals surface area contributed by atoms with Crippen LogP contribution >= 0.6 is 0 Å². The molecule has 0 radical (unpaired) electrons. The highest BCUT2D eigenvalue weighted by Crippen LogP contribution is 2.27. The zero-order chi connectivity index (χ0) is 33.5. The van der Waals surface area contributed by atoms with Gasteiger partial charge in [0.05, 0.1) is 26.4 Å². The Balaban J connectivity index is 0.741. The van der Waals surface area contributed by atoms with Gasteiger partial charge >= 0.3 is 0 Å². The third kappa shape index (κ3) is 8.40. The molecule has 2 unspecified atom stereocenters. The topological polar surface area (TPSA) is 71.8 Å². The van der Waals surface area contributed by atoms with Gasteiger partial charge in [-0.05, 0) is 120 Å². The lowest BCUT2D eigenvalue weighted by atomic mass is 10.1. The molecule has 2 atom stereocenters. The predicted molar refractivity (Wildman–Crippen MR) is 193 cm³/mol. The van der Waals surface area contributed by atoms with Crippen molar-refractivity contribution < 1.29 is 28.4 Å². The van der Waals surface area contributed by atoms with Crippen molar-refractivity contribution in [2.24, 2.45) is 0 Å². The van der Waals surface area contributed by atoms with E-state index >= 15 is 0 Å². The molecule has 0 aliphatic carbocycles. The molecule has 50 heavy (non-hydrogen) atoms. The van der Waals surface area contributed by atoms with Gasteiger partial charge in [-0.25, -0.2) is 0 Å². The molecule has 0 N–H and O–H groups in total. The van der Waals surface area contributed by atoms with Crippen molar-refractivity contribution in [3.05, 3.63) is 134 Å². The fourth-order valence-corrected chi connectivity index (χ4v) is 5.66. The van der Waals surface area contributed by atoms with Crippen molar-refractivity contribution in [2.45, 2.75) is 25.0 Å². The summed E-state index contributed by atoms with van der Waals surface area (Å²) in [5.74, 6) is 3.46.